The molecule has 4 atom stereocenters. The fourth-order valence-electron chi connectivity index (χ4n) is 4.22. The third-order valence-electron chi connectivity index (χ3n) is 5.45. The van der Waals surface area contributed by atoms with E-state index in [1.165, 1.54) is 6.26 Å². The van der Waals surface area contributed by atoms with Crippen molar-refractivity contribution in [2.24, 2.45) is 28.9 Å². The van der Waals surface area contributed by atoms with Crippen LogP contribution in [0.5, 0.6) is 0 Å². The lowest BCUT2D eigenvalue weighted by molar-refractivity contribution is -0.127. The maximum Gasteiger partial charge on any atom is 0.224 e. The van der Waals surface area contributed by atoms with Crippen LogP contribution in [0.3, 0.4) is 0 Å². The van der Waals surface area contributed by atoms with Crippen molar-refractivity contribution < 1.29 is 13.2 Å². The highest BCUT2D eigenvalue weighted by molar-refractivity contribution is 7.90. The number of nitrogens with one attached hydrogen (secondary N) is 1. The van der Waals surface area contributed by atoms with Crippen molar-refractivity contribution in [3.8, 4) is 0 Å². The molecule has 0 aromatic carbocycles. The molecule has 0 aromatic rings. The molecular formula is C14H25ClN2O3S. The molecule has 3 aliphatic carbocycles. The topological polar surface area (TPSA) is 89.3 Å². The lowest BCUT2D eigenvalue weighted by atomic mass is 9.84. The number of halogens is 1. The van der Waals surface area contributed by atoms with Gasteiger partial charge in [-0.3, -0.25) is 4.79 Å². The highest BCUT2D eigenvalue weighted by Crippen LogP contribution is 2.48. The first-order valence-electron chi connectivity index (χ1n) is 7.51. The largest absolute Gasteiger partial charge is 0.355 e. The van der Waals surface area contributed by atoms with E-state index in [0.29, 0.717) is 18.4 Å². The summed E-state index contributed by atoms with van der Waals surface area (Å²) in [7, 11) is -2.98. The van der Waals surface area contributed by atoms with Crippen molar-refractivity contribution in [2.45, 2.75) is 38.1 Å². The molecule has 0 aromatic heterocycles. The Morgan fingerprint density at radius 3 is 2.38 bits per heavy atom. The van der Waals surface area contributed by atoms with Gasteiger partial charge in [0.2, 0.25) is 5.91 Å². The smallest absolute Gasteiger partial charge is 0.224 e. The number of carbonyl (C=O) groups is 1. The molecule has 3 fully saturated rings. The van der Waals surface area contributed by atoms with Crippen molar-refractivity contribution in [3.05, 3.63) is 0 Å². The molecule has 3 aliphatic rings. The maximum atomic E-state index is 12.3. The van der Waals surface area contributed by atoms with Crippen LogP contribution >= 0.6 is 12.4 Å². The Morgan fingerprint density at radius 1 is 1.29 bits per heavy atom. The average Bonchev–Trinajstić information content (AvgIpc) is 2.81. The van der Waals surface area contributed by atoms with Crippen LogP contribution in [0, 0.1) is 23.2 Å². The quantitative estimate of drug-likeness (QED) is 0.774. The van der Waals surface area contributed by atoms with Gasteiger partial charge in [-0.1, -0.05) is 0 Å². The fourth-order valence-corrected chi connectivity index (χ4v) is 5.73. The van der Waals surface area contributed by atoms with Gasteiger partial charge in [0, 0.05) is 24.3 Å². The highest BCUT2D eigenvalue weighted by atomic mass is 35.5. The van der Waals surface area contributed by atoms with Crippen LogP contribution in [-0.4, -0.2) is 38.9 Å². The molecule has 3 rings (SSSR count). The van der Waals surface area contributed by atoms with Crippen LogP contribution in [0.4, 0.5) is 0 Å². The van der Waals surface area contributed by atoms with Gasteiger partial charge in [-0.25, -0.2) is 8.42 Å². The predicted molar refractivity (Wildman–Crippen MR) is 83.9 cm³/mol. The van der Waals surface area contributed by atoms with Gasteiger partial charge in [0.25, 0.3) is 0 Å². The SMILES string of the molecule is CS(=O)(=O)CC1(CNC(=O)C2C3CCC(C3)C2N)CC1.Cl. The Balaban J connectivity index is 0.00000161. The summed E-state index contributed by atoms with van der Waals surface area (Å²) >= 11 is 0. The highest BCUT2D eigenvalue weighted by Gasteiger charge is 2.50. The summed E-state index contributed by atoms with van der Waals surface area (Å²) in [5.74, 6) is 1.14. The first-order chi connectivity index (χ1) is 9.30. The number of sulfone groups is 1. The van der Waals surface area contributed by atoms with Crippen LogP contribution in [0.1, 0.15) is 32.1 Å². The summed E-state index contributed by atoms with van der Waals surface area (Å²) in [4.78, 5) is 12.3. The molecule has 7 heteroatoms. The molecule has 2 bridgehead atoms. The monoisotopic (exact) mass is 336 g/mol. The molecule has 0 aliphatic heterocycles. The zero-order chi connectivity index (χ0) is 14.5. The van der Waals surface area contributed by atoms with E-state index in [9.17, 15) is 13.2 Å². The van der Waals surface area contributed by atoms with Gasteiger partial charge >= 0.3 is 0 Å². The summed E-state index contributed by atoms with van der Waals surface area (Å²) < 4.78 is 22.8. The zero-order valence-corrected chi connectivity index (χ0v) is 14.0. The Bertz CT molecular complexity index is 516. The summed E-state index contributed by atoms with van der Waals surface area (Å²) in [5, 5.41) is 2.98. The summed E-state index contributed by atoms with van der Waals surface area (Å²) in [6, 6.07) is -0.00110. The van der Waals surface area contributed by atoms with Crippen LogP contribution in [0.25, 0.3) is 0 Å². The first kappa shape index (κ1) is 17.0. The van der Waals surface area contributed by atoms with Crippen LogP contribution < -0.4 is 11.1 Å². The molecule has 0 radical (unpaired) electrons. The van der Waals surface area contributed by atoms with Crippen molar-refractivity contribution in [1.29, 1.82) is 0 Å². The third kappa shape index (κ3) is 3.54. The molecule has 0 heterocycles. The van der Waals surface area contributed by atoms with Gasteiger partial charge in [-0.2, -0.15) is 0 Å². The zero-order valence-electron chi connectivity index (χ0n) is 12.4. The number of fused-ring (bicyclic) bond motifs is 2. The van der Waals surface area contributed by atoms with E-state index >= 15 is 0 Å². The molecule has 4 unspecified atom stereocenters. The predicted octanol–water partition coefficient (Wildman–Crippen LogP) is 0.723. The van der Waals surface area contributed by atoms with E-state index in [0.717, 1.165) is 32.1 Å². The summed E-state index contributed by atoms with van der Waals surface area (Å²) in [6.07, 6.45) is 6.42. The number of hydrogen-bond acceptors (Lipinski definition) is 4. The second-order valence-electron chi connectivity index (χ2n) is 7.22. The van der Waals surface area contributed by atoms with E-state index < -0.39 is 9.84 Å². The van der Waals surface area contributed by atoms with Crippen LogP contribution in [0.15, 0.2) is 0 Å². The molecule has 5 nitrogen and oxygen atoms in total. The van der Waals surface area contributed by atoms with Crippen molar-refractivity contribution in [3.63, 3.8) is 0 Å². The number of nitrogens with two attached hydrogens (primary N) is 1. The minimum absolute atomic E-state index is 0. The number of amides is 1. The Morgan fingerprint density at radius 2 is 1.90 bits per heavy atom. The van der Waals surface area contributed by atoms with Crippen LogP contribution in [-0.2, 0) is 14.6 Å². The van der Waals surface area contributed by atoms with Gasteiger partial charge < -0.3 is 11.1 Å². The van der Waals surface area contributed by atoms with Crippen molar-refractivity contribution >= 4 is 28.2 Å². The van der Waals surface area contributed by atoms with E-state index in [2.05, 4.69) is 5.32 Å². The van der Waals surface area contributed by atoms with Crippen molar-refractivity contribution in [1.82, 2.24) is 5.32 Å². The average molecular weight is 337 g/mol. The van der Waals surface area contributed by atoms with Gasteiger partial charge in [0.15, 0.2) is 0 Å². The number of rotatable bonds is 5. The first-order valence-corrected chi connectivity index (χ1v) is 9.57. The van der Waals surface area contributed by atoms with Gasteiger partial charge in [0.1, 0.15) is 9.84 Å². The van der Waals surface area contributed by atoms with Gasteiger partial charge in [-0.15, -0.1) is 12.4 Å². The molecular weight excluding hydrogens is 312 g/mol. The van der Waals surface area contributed by atoms with E-state index in [1.807, 2.05) is 0 Å². The molecule has 3 saturated carbocycles. The minimum atomic E-state index is -2.98. The molecule has 0 spiro atoms. The Kier molecular flexibility index (Phi) is 4.63. The number of carbonyl (C=O) groups excluding carboxylic acids is 1. The lowest BCUT2D eigenvalue weighted by Crippen LogP contribution is -2.47. The molecule has 1 amide bonds. The minimum Gasteiger partial charge on any atom is -0.355 e. The van der Waals surface area contributed by atoms with E-state index in [1.54, 1.807) is 0 Å². The molecule has 3 N–H and O–H groups in total. The fraction of sp³-hybridized carbons (Fsp3) is 0.929. The van der Waals surface area contributed by atoms with Crippen LogP contribution in [0.2, 0.25) is 0 Å². The lowest BCUT2D eigenvalue weighted by Gasteiger charge is -2.27. The second kappa shape index (κ2) is 5.70. The second-order valence-corrected chi connectivity index (χ2v) is 9.36. The van der Waals surface area contributed by atoms with Crippen molar-refractivity contribution in [2.75, 3.05) is 18.6 Å². The van der Waals surface area contributed by atoms with Gasteiger partial charge in [-0.05, 0) is 43.9 Å². The van der Waals surface area contributed by atoms with Gasteiger partial charge in [0.05, 0.1) is 11.7 Å². The Hall–Kier alpha value is -0.330. The number of hydrogen-bond donors (Lipinski definition) is 2. The summed E-state index contributed by atoms with van der Waals surface area (Å²) in [6.45, 7) is 0.486. The normalized spacial score (nSPS) is 36.1. The molecule has 122 valence electrons. The summed E-state index contributed by atoms with van der Waals surface area (Å²) in [5.41, 5.74) is 5.96. The Labute approximate surface area is 132 Å². The van der Waals surface area contributed by atoms with E-state index in [4.69, 9.17) is 5.73 Å². The van der Waals surface area contributed by atoms with E-state index in [-0.39, 0.29) is 41.4 Å². The standard InChI is InChI=1S/C14H24N2O3S.ClH/c1-20(18,19)8-14(4-5-14)7-16-13(17)11-9-2-3-10(6-9)12(11)15;/h9-12H,2-8,15H2,1H3,(H,16,17);1H. The third-order valence-corrected chi connectivity index (χ3v) is 6.58. The maximum absolute atomic E-state index is 12.3. The molecule has 0 saturated heterocycles. The molecule has 21 heavy (non-hydrogen) atoms.